The lowest BCUT2D eigenvalue weighted by molar-refractivity contribution is 0.414. The zero-order valence-corrected chi connectivity index (χ0v) is 21.2. The Balaban J connectivity index is 0.00000342. The lowest BCUT2D eigenvalue weighted by atomic mass is 10.1. The van der Waals surface area contributed by atoms with E-state index < -0.39 is 10.0 Å². The summed E-state index contributed by atoms with van der Waals surface area (Å²) in [5.41, 5.74) is 2.43. The molecule has 4 aromatic rings. The first kappa shape index (κ1) is 26.1. The average molecular weight is 514 g/mol. The summed E-state index contributed by atoms with van der Waals surface area (Å²) in [5.74, 6) is 1.68. The molecule has 0 amide bonds. The fourth-order valence-electron chi connectivity index (χ4n) is 3.50. The van der Waals surface area contributed by atoms with Gasteiger partial charge >= 0.3 is 0 Å². The van der Waals surface area contributed by atoms with Crippen LogP contribution >= 0.6 is 12.4 Å². The van der Waals surface area contributed by atoms with Crippen LogP contribution in [0.15, 0.2) is 78.3 Å². The molecular formula is C25H28ClN5O3S. The number of nitrogens with zero attached hydrogens (tertiary/aromatic N) is 3. The van der Waals surface area contributed by atoms with Gasteiger partial charge in [-0.15, -0.1) is 19.0 Å². The van der Waals surface area contributed by atoms with Crippen LogP contribution in [0.4, 0.5) is 11.8 Å². The van der Waals surface area contributed by atoms with Crippen molar-refractivity contribution in [1.82, 2.24) is 13.9 Å². The number of hydrogen-bond acceptors (Lipinski definition) is 7. The van der Waals surface area contributed by atoms with Gasteiger partial charge < -0.3 is 15.4 Å². The molecule has 0 atom stereocenters. The van der Waals surface area contributed by atoms with E-state index in [-0.39, 0.29) is 17.3 Å². The summed E-state index contributed by atoms with van der Waals surface area (Å²) >= 11 is 0. The summed E-state index contributed by atoms with van der Waals surface area (Å²) in [5, 5.41) is 7.02. The van der Waals surface area contributed by atoms with Crippen molar-refractivity contribution in [2.75, 3.05) is 30.8 Å². The molecule has 0 radical (unpaired) electrons. The fourth-order valence-corrected chi connectivity index (χ4v) is 4.80. The minimum absolute atomic E-state index is 0. The van der Waals surface area contributed by atoms with Crippen molar-refractivity contribution in [2.24, 2.45) is 0 Å². The van der Waals surface area contributed by atoms with Crippen molar-refractivity contribution in [3.8, 4) is 5.75 Å². The molecule has 0 spiro atoms. The number of rotatable bonds is 10. The van der Waals surface area contributed by atoms with Crippen LogP contribution in [0.25, 0.3) is 11.0 Å². The van der Waals surface area contributed by atoms with Gasteiger partial charge in [0.15, 0.2) is 5.65 Å². The van der Waals surface area contributed by atoms with Crippen LogP contribution in [0, 0.1) is 6.92 Å². The number of halogens is 1. The number of benzene rings is 2. The fraction of sp³-hybridized carbons (Fsp3) is 0.200. The smallest absolute Gasteiger partial charge is 0.269 e. The number of methoxy groups -OCH3 is 1. The Bertz CT molecular complexity index is 1400. The van der Waals surface area contributed by atoms with Gasteiger partial charge in [0.25, 0.3) is 10.0 Å². The molecule has 0 saturated carbocycles. The molecule has 0 aliphatic carbocycles. The molecule has 0 aliphatic heterocycles. The van der Waals surface area contributed by atoms with Crippen LogP contribution in [0.3, 0.4) is 0 Å². The van der Waals surface area contributed by atoms with E-state index >= 15 is 0 Å². The molecular weight excluding hydrogens is 486 g/mol. The molecule has 8 nitrogen and oxygen atoms in total. The van der Waals surface area contributed by atoms with E-state index in [4.69, 9.17) is 4.74 Å². The van der Waals surface area contributed by atoms with Gasteiger partial charge in [-0.2, -0.15) is 9.97 Å². The van der Waals surface area contributed by atoms with Crippen LogP contribution < -0.4 is 15.4 Å². The van der Waals surface area contributed by atoms with Crippen LogP contribution in [-0.4, -0.2) is 42.6 Å². The molecule has 35 heavy (non-hydrogen) atoms. The van der Waals surface area contributed by atoms with E-state index in [1.807, 2.05) is 31.2 Å². The molecule has 10 heteroatoms. The minimum Gasteiger partial charge on any atom is -0.497 e. The topological polar surface area (TPSA) is 98.1 Å². The number of hydrogen-bond donors (Lipinski definition) is 2. The van der Waals surface area contributed by atoms with Gasteiger partial charge in [-0.1, -0.05) is 35.9 Å². The number of nitrogens with one attached hydrogen (secondary N) is 2. The molecule has 0 fully saturated rings. The maximum Gasteiger partial charge on any atom is 0.269 e. The minimum atomic E-state index is -3.82. The third-order valence-electron chi connectivity index (χ3n) is 5.36. The van der Waals surface area contributed by atoms with Gasteiger partial charge in [-0.05, 0) is 49.2 Å². The predicted octanol–water partition coefficient (Wildman–Crippen LogP) is 4.66. The van der Waals surface area contributed by atoms with Crippen molar-refractivity contribution in [1.29, 1.82) is 0 Å². The Morgan fingerprint density at radius 1 is 1.03 bits per heavy atom. The van der Waals surface area contributed by atoms with E-state index in [1.54, 1.807) is 43.5 Å². The highest BCUT2D eigenvalue weighted by atomic mass is 35.5. The first-order valence-corrected chi connectivity index (χ1v) is 12.3. The molecule has 2 aromatic carbocycles. The van der Waals surface area contributed by atoms with Crippen LogP contribution in [0.2, 0.25) is 0 Å². The van der Waals surface area contributed by atoms with Gasteiger partial charge in [-0.25, -0.2) is 12.4 Å². The first-order chi connectivity index (χ1) is 16.4. The second-order valence-electron chi connectivity index (χ2n) is 7.76. The van der Waals surface area contributed by atoms with E-state index in [0.29, 0.717) is 35.9 Å². The number of aryl methyl sites for hydroxylation is 1. The van der Waals surface area contributed by atoms with Crippen LogP contribution in [-0.2, 0) is 16.4 Å². The highest BCUT2D eigenvalue weighted by Gasteiger charge is 2.22. The average Bonchev–Trinajstić information content (AvgIpc) is 3.28. The SMILES string of the molecule is C=CCNc1nc(NCCc2ccc(OC)cc2)c2ccn(S(=O)(=O)c3ccc(C)cc3)c2n1.Cl. The molecule has 2 heterocycles. The summed E-state index contributed by atoms with van der Waals surface area (Å²) in [7, 11) is -2.19. The lowest BCUT2D eigenvalue weighted by Crippen LogP contribution is -2.14. The molecule has 4 rings (SSSR count). The standard InChI is InChI=1S/C25H27N5O3S.ClH/c1-4-15-27-25-28-23(26-16-13-19-7-9-20(33-3)10-8-19)22-14-17-30(24(22)29-25)34(31,32)21-11-5-18(2)6-12-21;/h4-12,14,17H,1,13,15-16H2,2-3H3,(H2,26,27,28,29);1H. The maximum atomic E-state index is 13.3. The molecule has 0 aliphatic rings. The summed E-state index contributed by atoms with van der Waals surface area (Å²) in [6.07, 6.45) is 3.96. The zero-order chi connectivity index (χ0) is 24.1. The summed E-state index contributed by atoms with van der Waals surface area (Å²) in [4.78, 5) is 9.25. The maximum absolute atomic E-state index is 13.3. The summed E-state index contributed by atoms with van der Waals surface area (Å²) in [6.45, 7) is 6.67. The van der Waals surface area contributed by atoms with Gasteiger partial charge in [0, 0.05) is 19.3 Å². The summed E-state index contributed by atoms with van der Waals surface area (Å²) in [6, 6.07) is 16.3. The Kier molecular flexibility index (Phi) is 8.37. The Morgan fingerprint density at radius 2 is 1.74 bits per heavy atom. The normalized spacial score (nSPS) is 11.0. The van der Waals surface area contributed by atoms with E-state index in [9.17, 15) is 8.42 Å². The molecule has 0 bridgehead atoms. The van der Waals surface area contributed by atoms with Crippen molar-refractivity contribution in [2.45, 2.75) is 18.2 Å². The molecule has 0 unspecified atom stereocenters. The number of anilines is 2. The largest absolute Gasteiger partial charge is 0.497 e. The van der Waals surface area contributed by atoms with Gasteiger partial charge in [-0.3, -0.25) is 0 Å². The highest BCUT2D eigenvalue weighted by molar-refractivity contribution is 7.90. The zero-order valence-electron chi connectivity index (χ0n) is 19.6. The van der Waals surface area contributed by atoms with Crippen molar-refractivity contribution >= 4 is 45.2 Å². The quantitative estimate of drug-likeness (QED) is 0.297. The Hall–Kier alpha value is -3.56. The molecule has 184 valence electrons. The summed E-state index contributed by atoms with van der Waals surface area (Å²) < 4.78 is 33.1. The molecule has 2 aromatic heterocycles. The monoisotopic (exact) mass is 513 g/mol. The van der Waals surface area contributed by atoms with Crippen LogP contribution in [0.1, 0.15) is 11.1 Å². The lowest BCUT2D eigenvalue weighted by Gasteiger charge is -2.12. The molecule has 0 saturated heterocycles. The van der Waals surface area contributed by atoms with E-state index in [1.165, 1.54) is 10.2 Å². The second-order valence-corrected chi connectivity index (χ2v) is 9.57. The second kappa shape index (κ2) is 11.2. The molecule has 2 N–H and O–H groups in total. The van der Waals surface area contributed by atoms with E-state index in [0.717, 1.165) is 23.3 Å². The van der Waals surface area contributed by atoms with Crippen molar-refractivity contribution in [3.63, 3.8) is 0 Å². The number of aromatic nitrogens is 3. The third kappa shape index (κ3) is 5.75. The Morgan fingerprint density at radius 3 is 2.40 bits per heavy atom. The van der Waals surface area contributed by atoms with Crippen LogP contribution in [0.5, 0.6) is 5.75 Å². The predicted molar refractivity (Wildman–Crippen MR) is 142 cm³/mol. The number of ether oxygens (including phenoxy) is 1. The van der Waals surface area contributed by atoms with Gasteiger partial charge in [0.2, 0.25) is 5.95 Å². The third-order valence-corrected chi connectivity index (χ3v) is 7.04. The van der Waals surface area contributed by atoms with Gasteiger partial charge in [0.1, 0.15) is 11.6 Å². The van der Waals surface area contributed by atoms with Crippen molar-refractivity contribution < 1.29 is 13.2 Å². The highest BCUT2D eigenvalue weighted by Crippen LogP contribution is 2.27. The van der Waals surface area contributed by atoms with E-state index in [2.05, 4.69) is 27.2 Å². The number of fused-ring (bicyclic) bond motifs is 1. The van der Waals surface area contributed by atoms with Gasteiger partial charge in [0.05, 0.1) is 17.4 Å². The first-order valence-electron chi connectivity index (χ1n) is 10.9. The van der Waals surface area contributed by atoms with Crippen molar-refractivity contribution in [3.05, 3.63) is 84.6 Å². The Labute approximate surface area is 211 Å².